The number of rotatable bonds is 5. The number of carbonyl (C=O) groups is 2. The number of hydrogen-bond donors (Lipinski definition) is 1. The molecule has 25 heavy (non-hydrogen) atoms. The Morgan fingerprint density at radius 3 is 2.36 bits per heavy atom. The maximum Gasteiger partial charge on any atom is 0.338 e. The number of nitrogens with zero attached hydrogens (tertiary/aromatic N) is 1. The highest BCUT2D eigenvalue weighted by Crippen LogP contribution is 2.21. The van der Waals surface area contributed by atoms with Gasteiger partial charge in [-0.15, -0.1) is 0 Å². The van der Waals surface area contributed by atoms with Crippen LogP contribution in [0.15, 0.2) is 36.4 Å². The monoisotopic (exact) mass is 350 g/mol. The Bertz CT molecular complexity index is 834. The van der Waals surface area contributed by atoms with Crippen molar-refractivity contribution in [1.82, 2.24) is 0 Å². The van der Waals surface area contributed by atoms with E-state index in [4.69, 9.17) is 0 Å². The number of nitro groups is 1. The number of nitro benzene ring substituents is 1. The Morgan fingerprint density at radius 1 is 1.16 bits per heavy atom. The molecule has 0 fully saturated rings. The first-order valence-electron chi connectivity index (χ1n) is 6.94. The second-order valence-electron chi connectivity index (χ2n) is 5.04. The summed E-state index contributed by atoms with van der Waals surface area (Å²) in [5, 5.41) is 13.1. The molecule has 0 aromatic heterocycles. The average Bonchev–Trinajstić information content (AvgIpc) is 2.53. The van der Waals surface area contributed by atoms with E-state index in [9.17, 15) is 28.5 Å². The second-order valence-corrected chi connectivity index (χ2v) is 5.04. The SMILES string of the molecule is Cc1cc([N+](=O)[O-])ccc1NC(=O)COC(=O)c1cc(F)cc(F)c1. The Morgan fingerprint density at radius 2 is 1.80 bits per heavy atom. The zero-order chi connectivity index (χ0) is 18.6. The van der Waals surface area contributed by atoms with Crippen LogP contribution in [-0.4, -0.2) is 23.4 Å². The van der Waals surface area contributed by atoms with Crippen molar-refractivity contribution in [1.29, 1.82) is 0 Å². The number of carbonyl (C=O) groups excluding carboxylic acids is 2. The maximum absolute atomic E-state index is 13.0. The van der Waals surface area contributed by atoms with Crippen LogP contribution in [0.3, 0.4) is 0 Å². The third-order valence-electron chi connectivity index (χ3n) is 3.13. The van der Waals surface area contributed by atoms with Crippen molar-refractivity contribution in [3.05, 3.63) is 69.3 Å². The van der Waals surface area contributed by atoms with Crippen molar-refractivity contribution in [3.8, 4) is 0 Å². The molecule has 1 amide bonds. The molecule has 0 spiro atoms. The fourth-order valence-electron chi connectivity index (χ4n) is 1.97. The number of hydrogen-bond acceptors (Lipinski definition) is 5. The quantitative estimate of drug-likeness (QED) is 0.508. The molecule has 0 saturated heterocycles. The number of aryl methyl sites for hydroxylation is 1. The van der Waals surface area contributed by atoms with E-state index in [2.05, 4.69) is 10.1 Å². The van der Waals surface area contributed by atoms with Gasteiger partial charge in [0.25, 0.3) is 11.6 Å². The first-order chi connectivity index (χ1) is 11.8. The van der Waals surface area contributed by atoms with Gasteiger partial charge in [0.05, 0.1) is 10.5 Å². The molecule has 0 aliphatic rings. The molecule has 2 rings (SSSR count). The van der Waals surface area contributed by atoms with Crippen molar-refractivity contribution in [2.24, 2.45) is 0 Å². The van der Waals surface area contributed by atoms with Gasteiger partial charge in [-0.1, -0.05) is 0 Å². The van der Waals surface area contributed by atoms with Crippen LogP contribution in [0.1, 0.15) is 15.9 Å². The third kappa shape index (κ3) is 4.80. The number of anilines is 1. The van der Waals surface area contributed by atoms with Gasteiger partial charge >= 0.3 is 5.97 Å². The lowest BCUT2D eigenvalue weighted by Gasteiger charge is -2.09. The van der Waals surface area contributed by atoms with Gasteiger partial charge in [-0.25, -0.2) is 13.6 Å². The summed E-state index contributed by atoms with van der Waals surface area (Å²) in [5.74, 6) is -3.66. The number of halogens is 2. The number of benzene rings is 2. The Hall–Kier alpha value is -3.36. The maximum atomic E-state index is 13.0. The number of esters is 1. The number of nitrogens with one attached hydrogen (secondary N) is 1. The van der Waals surface area contributed by atoms with Crippen LogP contribution in [-0.2, 0) is 9.53 Å². The van der Waals surface area contributed by atoms with Crippen molar-refractivity contribution in [2.75, 3.05) is 11.9 Å². The summed E-state index contributed by atoms with van der Waals surface area (Å²) in [4.78, 5) is 33.5. The molecule has 2 aromatic carbocycles. The lowest BCUT2D eigenvalue weighted by molar-refractivity contribution is -0.384. The number of amides is 1. The molecule has 0 unspecified atom stereocenters. The molecule has 7 nitrogen and oxygen atoms in total. The van der Waals surface area contributed by atoms with Crippen molar-refractivity contribution < 1.29 is 28.0 Å². The summed E-state index contributed by atoms with van der Waals surface area (Å²) in [6.45, 7) is 0.873. The molecule has 0 bridgehead atoms. The van der Waals surface area contributed by atoms with Crippen LogP contribution in [0.2, 0.25) is 0 Å². The molecular formula is C16H12F2N2O5. The van der Waals surface area contributed by atoms with Gasteiger partial charge in [0, 0.05) is 23.9 Å². The zero-order valence-electron chi connectivity index (χ0n) is 12.9. The minimum Gasteiger partial charge on any atom is -0.452 e. The fourth-order valence-corrected chi connectivity index (χ4v) is 1.97. The van der Waals surface area contributed by atoms with Crippen molar-refractivity contribution >= 4 is 23.3 Å². The minimum absolute atomic E-state index is 0.130. The van der Waals surface area contributed by atoms with Gasteiger partial charge in [0.15, 0.2) is 6.61 Å². The molecule has 1 N–H and O–H groups in total. The van der Waals surface area contributed by atoms with Gasteiger partial charge in [-0.05, 0) is 30.7 Å². The minimum atomic E-state index is -1.06. The van der Waals surface area contributed by atoms with Gasteiger partial charge in [-0.3, -0.25) is 14.9 Å². The van der Waals surface area contributed by atoms with E-state index in [0.29, 0.717) is 17.3 Å². The zero-order valence-corrected chi connectivity index (χ0v) is 12.9. The van der Waals surface area contributed by atoms with Gasteiger partial charge in [0.2, 0.25) is 0 Å². The molecule has 9 heteroatoms. The molecule has 0 heterocycles. The molecule has 0 radical (unpaired) electrons. The van der Waals surface area contributed by atoms with E-state index >= 15 is 0 Å². The molecular weight excluding hydrogens is 338 g/mol. The molecule has 0 aliphatic heterocycles. The summed E-state index contributed by atoms with van der Waals surface area (Å²) >= 11 is 0. The van der Waals surface area contributed by atoms with E-state index in [1.165, 1.54) is 18.2 Å². The van der Waals surface area contributed by atoms with Crippen LogP contribution in [0.5, 0.6) is 0 Å². The van der Waals surface area contributed by atoms with Crippen LogP contribution < -0.4 is 5.32 Å². The molecule has 130 valence electrons. The van der Waals surface area contributed by atoms with E-state index in [1.807, 2.05) is 0 Å². The Balaban J connectivity index is 1.96. The van der Waals surface area contributed by atoms with Crippen molar-refractivity contribution in [3.63, 3.8) is 0 Å². The van der Waals surface area contributed by atoms with E-state index < -0.39 is 35.0 Å². The third-order valence-corrected chi connectivity index (χ3v) is 3.13. The summed E-state index contributed by atoms with van der Waals surface area (Å²) in [5.41, 5.74) is 0.261. The predicted molar refractivity (Wildman–Crippen MR) is 83.1 cm³/mol. The Labute approximate surface area is 140 Å². The summed E-state index contributed by atoms with van der Waals surface area (Å²) in [6, 6.07) is 5.99. The van der Waals surface area contributed by atoms with E-state index in [1.54, 1.807) is 6.92 Å². The highest BCUT2D eigenvalue weighted by atomic mass is 19.1. The van der Waals surface area contributed by atoms with Crippen LogP contribution in [0.25, 0.3) is 0 Å². The normalized spacial score (nSPS) is 10.2. The first kappa shape index (κ1) is 18.0. The number of non-ortho nitro benzene ring substituents is 1. The summed E-state index contributed by atoms with van der Waals surface area (Å²) in [6.07, 6.45) is 0. The summed E-state index contributed by atoms with van der Waals surface area (Å²) in [7, 11) is 0. The van der Waals surface area contributed by atoms with Crippen molar-refractivity contribution in [2.45, 2.75) is 6.92 Å². The lowest BCUT2D eigenvalue weighted by Crippen LogP contribution is -2.21. The lowest BCUT2D eigenvalue weighted by atomic mass is 10.2. The summed E-state index contributed by atoms with van der Waals surface area (Å²) < 4.78 is 30.7. The second kappa shape index (κ2) is 7.47. The van der Waals surface area contributed by atoms with Crippen LogP contribution >= 0.6 is 0 Å². The molecule has 0 atom stereocenters. The first-order valence-corrected chi connectivity index (χ1v) is 6.94. The molecule has 0 aliphatic carbocycles. The molecule has 2 aromatic rings. The highest BCUT2D eigenvalue weighted by molar-refractivity contribution is 5.96. The van der Waals surface area contributed by atoms with Gasteiger partial charge < -0.3 is 10.1 Å². The number of ether oxygens (including phenoxy) is 1. The Kier molecular flexibility index (Phi) is 5.38. The van der Waals surface area contributed by atoms with Gasteiger partial charge in [0.1, 0.15) is 11.6 Å². The predicted octanol–water partition coefficient (Wildman–Crippen LogP) is 2.98. The molecule has 0 saturated carbocycles. The standard InChI is InChI=1S/C16H12F2N2O5/c1-9-4-13(20(23)24)2-3-14(9)19-15(21)8-25-16(22)10-5-11(17)7-12(18)6-10/h2-7H,8H2,1H3,(H,19,21). The largest absolute Gasteiger partial charge is 0.452 e. The highest BCUT2D eigenvalue weighted by Gasteiger charge is 2.14. The smallest absolute Gasteiger partial charge is 0.338 e. The average molecular weight is 350 g/mol. The van der Waals surface area contributed by atoms with Crippen LogP contribution in [0.4, 0.5) is 20.2 Å². The van der Waals surface area contributed by atoms with Gasteiger partial charge in [-0.2, -0.15) is 0 Å². The van der Waals surface area contributed by atoms with E-state index in [0.717, 1.165) is 12.1 Å². The fraction of sp³-hybridized carbons (Fsp3) is 0.125. The van der Waals surface area contributed by atoms with Crippen LogP contribution in [0, 0.1) is 28.7 Å². The topological polar surface area (TPSA) is 98.5 Å². The van der Waals surface area contributed by atoms with E-state index in [-0.39, 0.29) is 11.3 Å².